The Labute approximate surface area is 210 Å². The van der Waals surface area contributed by atoms with Gasteiger partial charge in [-0.3, -0.25) is 24.3 Å². The molecule has 1 saturated carbocycles. The van der Waals surface area contributed by atoms with Gasteiger partial charge in [-0.15, -0.1) is 0 Å². The summed E-state index contributed by atoms with van der Waals surface area (Å²) in [7, 11) is 0. The second kappa shape index (κ2) is 11.6. The van der Waals surface area contributed by atoms with Crippen molar-refractivity contribution in [2.75, 3.05) is 10.2 Å². The van der Waals surface area contributed by atoms with Crippen LogP contribution in [0.3, 0.4) is 0 Å². The van der Waals surface area contributed by atoms with Crippen molar-refractivity contribution < 1.29 is 18.9 Å². The molecule has 188 valence electrons. The largest absolute Gasteiger partial charge is 0.360 e. The number of carbonyl (C=O) groups is 3. The van der Waals surface area contributed by atoms with E-state index in [-0.39, 0.29) is 36.6 Å². The first-order valence-corrected chi connectivity index (χ1v) is 12.2. The fraction of sp³-hybridized carbons (Fsp3) is 0.370. The van der Waals surface area contributed by atoms with Gasteiger partial charge in [-0.05, 0) is 62.1 Å². The summed E-state index contributed by atoms with van der Waals surface area (Å²) in [6.07, 6.45) is 7.06. The SMILES string of the molecule is Cc1cccc(N(C(=O)CCC(=O)Nc2cc(C)on2)[C@@H](C(=O)NC2CCCC2)c2ccncc2)c1. The molecule has 4 rings (SSSR count). The first-order chi connectivity index (χ1) is 17.4. The summed E-state index contributed by atoms with van der Waals surface area (Å²) in [6.45, 7) is 3.65. The Balaban J connectivity index is 1.60. The van der Waals surface area contributed by atoms with Crippen LogP contribution in [0.25, 0.3) is 0 Å². The minimum absolute atomic E-state index is 0.0691. The molecule has 2 N–H and O–H groups in total. The van der Waals surface area contributed by atoms with E-state index in [2.05, 4.69) is 20.8 Å². The Hall–Kier alpha value is -4.01. The monoisotopic (exact) mass is 489 g/mol. The molecule has 1 aliphatic carbocycles. The van der Waals surface area contributed by atoms with Crippen LogP contribution in [0, 0.1) is 13.8 Å². The second-order valence-electron chi connectivity index (χ2n) is 9.15. The highest BCUT2D eigenvalue weighted by molar-refractivity contribution is 6.03. The van der Waals surface area contributed by atoms with Gasteiger partial charge >= 0.3 is 0 Å². The van der Waals surface area contributed by atoms with Crippen molar-refractivity contribution in [2.24, 2.45) is 0 Å². The maximum absolute atomic E-state index is 13.7. The van der Waals surface area contributed by atoms with Gasteiger partial charge in [0, 0.05) is 43.0 Å². The highest BCUT2D eigenvalue weighted by atomic mass is 16.5. The Morgan fingerprint density at radius 1 is 1.06 bits per heavy atom. The summed E-state index contributed by atoms with van der Waals surface area (Å²) in [4.78, 5) is 45.4. The van der Waals surface area contributed by atoms with E-state index in [0.717, 1.165) is 31.2 Å². The second-order valence-corrected chi connectivity index (χ2v) is 9.15. The van der Waals surface area contributed by atoms with Gasteiger partial charge in [0.1, 0.15) is 11.8 Å². The van der Waals surface area contributed by atoms with Crippen LogP contribution in [0.1, 0.15) is 61.5 Å². The lowest BCUT2D eigenvalue weighted by atomic mass is 10.0. The van der Waals surface area contributed by atoms with Gasteiger partial charge in [-0.25, -0.2) is 0 Å². The van der Waals surface area contributed by atoms with Gasteiger partial charge in [0.15, 0.2) is 5.82 Å². The molecule has 1 atom stereocenters. The van der Waals surface area contributed by atoms with E-state index >= 15 is 0 Å². The number of aromatic nitrogens is 2. The Morgan fingerprint density at radius 2 is 1.81 bits per heavy atom. The normalized spacial score (nSPS) is 14.3. The van der Waals surface area contributed by atoms with E-state index < -0.39 is 6.04 Å². The summed E-state index contributed by atoms with van der Waals surface area (Å²) in [5.74, 6) is -0.0794. The molecule has 3 aromatic rings. The lowest BCUT2D eigenvalue weighted by Gasteiger charge is -2.32. The molecule has 0 saturated heterocycles. The van der Waals surface area contributed by atoms with Crippen LogP contribution in [0.15, 0.2) is 59.4 Å². The average Bonchev–Trinajstić information content (AvgIpc) is 3.52. The molecular weight excluding hydrogens is 458 g/mol. The molecule has 1 fully saturated rings. The third-order valence-electron chi connectivity index (χ3n) is 6.24. The molecule has 36 heavy (non-hydrogen) atoms. The van der Waals surface area contributed by atoms with Crippen molar-refractivity contribution in [1.29, 1.82) is 0 Å². The topological polar surface area (TPSA) is 117 Å². The molecule has 0 aliphatic heterocycles. The summed E-state index contributed by atoms with van der Waals surface area (Å²) >= 11 is 0. The summed E-state index contributed by atoms with van der Waals surface area (Å²) in [5.41, 5.74) is 2.20. The van der Waals surface area contributed by atoms with E-state index in [0.29, 0.717) is 22.8 Å². The minimum atomic E-state index is -0.899. The Bertz CT molecular complexity index is 1200. The molecule has 3 amide bonds. The van der Waals surface area contributed by atoms with Crippen molar-refractivity contribution in [3.63, 3.8) is 0 Å². The van der Waals surface area contributed by atoms with Gasteiger partial charge in [0.05, 0.1) is 0 Å². The van der Waals surface area contributed by atoms with Gasteiger partial charge in [0.2, 0.25) is 17.7 Å². The molecule has 9 heteroatoms. The number of carbonyl (C=O) groups excluding carboxylic acids is 3. The van der Waals surface area contributed by atoms with Crippen LogP contribution in [0.5, 0.6) is 0 Å². The van der Waals surface area contributed by atoms with E-state index in [1.165, 1.54) is 4.90 Å². The fourth-order valence-corrected chi connectivity index (χ4v) is 4.50. The maximum Gasteiger partial charge on any atom is 0.248 e. The molecule has 0 bridgehead atoms. The van der Waals surface area contributed by atoms with Crippen molar-refractivity contribution >= 4 is 29.2 Å². The first kappa shape index (κ1) is 25.1. The molecule has 1 aliphatic rings. The quantitative estimate of drug-likeness (QED) is 0.464. The van der Waals surface area contributed by atoms with E-state index in [9.17, 15) is 14.4 Å². The van der Waals surface area contributed by atoms with Crippen LogP contribution < -0.4 is 15.5 Å². The zero-order valence-electron chi connectivity index (χ0n) is 20.6. The number of nitrogens with zero attached hydrogens (tertiary/aromatic N) is 3. The van der Waals surface area contributed by atoms with Crippen molar-refractivity contribution in [1.82, 2.24) is 15.5 Å². The lowest BCUT2D eigenvalue weighted by molar-refractivity contribution is -0.127. The number of hydrogen-bond acceptors (Lipinski definition) is 6. The standard InChI is InChI=1S/C27H31N5O4/c1-18-6-5-9-22(16-18)32(25(34)11-10-24(33)30-23-17-19(2)36-31-23)26(20-12-14-28-15-13-20)27(35)29-21-7-3-4-8-21/h5-6,9,12-17,21,26H,3-4,7-8,10-11H2,1-2H3,(H,29,35)(H,30,31,33)/t26-/m1/s1. The van der Waals surface area contributed by atoms with Crippen LogP contribution in [0.2, 0.25) is 0 Å². The van der Waals surface area contributed by atoms with Crippen molar-refractivity contribution in [2.45, 2.75) is 64.5 Å². The molecule has 0 unspecified atom stereocenters. The molecular formula is C27H31N5O4. The molecule has 2 aromatic heterocycles. The zero-order valence-corrected chi connectivity index (χ0v) is 20.6. The Morgan fingerprint density at radius 3 is 2.47 bits per heavy atom. The first-order valence-electron chi connectivity index (χ1n) is 12.2. The predicted octanol–water partition coefficient (Wildman–Crippen LogP) is 4.24. The average molecular weight is 490 g/mol. The van der Waals surface area contributed by atoms with Crippen LogP contribution in [-0.2, 0) is 14.4 Å². The van der Waals surface area contributed by atoms with Crippen LogP contribution in [-0.4, -0.2) is 33.9 Å². The van der Waals surface area contributed by atoms with Crippen molar-refractivity contribution in [3.8, 4) is 0 Å². The van der Waals surface area contributed by atoms with Crippen LogP contribution >= 0.6 is 0 Å². The van der Waals surface area contributed by atoms with E-state index in [1.54, 1.807) is 43.6 Å². The maximum atomic E-state index is 13.7. The summed E-state index contributed by atoms with van der Waals surface area (Å²) in [6, 6.07) is 11.7. The van der Waals surface area contributed by atoms with Gasteiger partial charge in [-0.1, -0.05) is 30.1 Å². The Kier molecular flexibility index (Phi) is 8.10. The molecule has 1 aromatic carbocycles. The highest BCUT2D eigenvalue weighted by Crippen LogP contribution is 2.30. The predicted molar refractivity (Wildman–Crippen MR) is 135 cm³/mol. The molecule has 2 heterocycles. The molecule has 0 radical (unpaired) electrons. The van der Waals surface area contributed by atoms with Gasteiger partial charge in [0.25, 0.3) is 0 Å². The number of aryl methyl sites for hydroxylation is 2. The van der Waals surface area contributed by atoms with Crippen molar-refractivity contribution in [3.05, 3.63) is 71.7 Å². The number of nitrogens with one attached hydrogen (secondary N) is 2. The fourth-order valence-electron chi connectivity index (χ4n) is 4.50. The van der Waals surface area contributed by atoms with Gasteiger partial charge in [-0.2, -0.15) is 0 Å². The van der Waals surface area contributed by atoms with E-state index in [4.69, 9.17) is 4.52 Å². The molecule has 9 nitrogen and oxygen atoms in total. The van der Waals surface area contributed by atoms with E-state index in [1.807, 2.05) is 25.1 Å². The number of rotatable bonds is 9. The number of anilines is 2. The third kappa shape index (κ3) is 6.35. The highest BCUT2D eigenvalue weighted by Gasteiger charge is 2.34. The van der Waals surface area contributed by atoms with Gasteiger partial charge < -0.3 is 15.2 Å². The number of amides is 3. The lowest BCUT2D eigenvalue weighted by Crippen LogP contribution is -2.46. The van der Waals surface area contributed by atoms with Crippen LogP contribution in [0.4, 0.5) is 11.5 Å². The smallest absolute Gasteiger partial charge is 0.248 e. The summed E-state index contributed by atoms with van der Waals surface area (Å²) in [5, 5.41) is 9.54. The number of pyridine rings is 1. The summed E-state index contributed by atoms with van der Waals surface area (Å²) < 4.78 is 4.97. The zero-order chi connectivity index (χ0) is 25.5. The number of hydrogen-bond donors (Lipinski definition) is 2. The minimum Gasteiger partial charge on any atom is -0.360 e. The third-order valence-corrected chi connectivity index (χ3v) is 6.24. The molecule has 0 spiro atoms. The number of benzene rings is 1.